The zero-order chi connectivity index (χ0) is 14.1. The molecule has 0 radical (unpaired) electrons. The maximum absolute atomic E-state index is 5.59. The summed E-state index contributed by atoms with van der Waals surface area (Å²) in [5.74, 6) is 0.698. The molecule has 0 aliphatic heterocycles. The van der Waals surface area contributed by atoms with Crippen LogP contribution in [0, 0.1) is 5.92 Å². The van der Waals surface area contributed by atoms with Gasteiger partial charge in [0.25, 0.3) is 0 Å². The van der Waals surface area contributed by atoms with Gasteiger partial charge in [-0.1, -0.05) is 13.8 Å². The van der Waals surface area contributed by atoms with E-state index in [1.165, 1.54) is 9.75 Å². The molecule has 0 aliphatic carbocycles. The molecule has 4 heteroatoms. The largest absolute Gasteiger partial charge is 0.376 e. The lowest BCUT2D eigenvalue weighted by atomic mass is 10.2. The Kier molecular flexibility index (Phi) is 8.30. The Morgan fingerprint density at radius 2 is 1.84 bits per heavy atom. The molecule has 0 spiro atoms. The standard InChI is InChI=1S/C15H27NO2S/c1-12(2)9-16-10-14-5-6-15(19-14)11-17-7-8-18-13(3)4/h5-6,12-13,16H,7-11H2,1-4H3. The molecule has 1 N–H and O–H groups in total. The summed E-state index contributed by atoms with van der Waals surface area (Å²) in [6, 6.07) is 4.33. The van der Waals surface area contributed by atoms with Gasteiger partial charge in [-0.25, -0.2) is 0 Å². The van der Waals surface area contributed by atoms with E-state index in [9.17, 15) is 0 Å². The average Bonchev–Trinajstić information content (AvgIpc) is 2.76. The van der Waals surface area contributed by atoms with E-state index in [0.29, 0.717) is 25.7 Å². The fraction of sp³-hybridized carbons (Fsp3) is 0.733. The van der Waals surface area contributed by atoms with E-state index in [4.69, 9.17) is 9.47 Å². The average molecular weight is 285 g/mol. The first-order valence-corrected chi connectivity index (χ1v) is 7.87. The number of ether oxygens (including phenoxy) is 2. The molecule has 0 atom stereocenters. The molecule has 1 aromatic heterocycles. The Morgan fingerprint density at radius 3 is 2.53 bits per heavy atom. The van der Waals surface area contributed by atoms with Gasteiger partial charge in [0.05, 0.1) is 25.9 Å². The minimum Gasteiger partial charge on any atom is -0.376 e. The van der Waals surface area contributed by atoms with Crippen LogP contribution in [-0.4, -0.2) is 25.9 Å². The second-order valence-corrected chi connectivity index (χ2v) is 6.62. The van der Waals surface area contributed by atoms with E-state index in [2.05, 4.69) is 31.3 Å². The molecular formula is C15H27NO2S. The minimum atomic E-state index is 0.281. The lowest BCUT2D eigenvalue weighted by Crippen LogP contribution is -2.18. The fourth-order valence-corrected chi connectivity index (χ4v) is 2.52. The molecule has 0 saturated heterocycles. The van der Waals surface area contributed by atoms with Gasteiger partial charge in [-0.3, -0.25) is 0 Å². The zero-order valence-electron chi connectivity index (χ0n) is 12.6. The van der Waals surface area contributed by atoms with Crippen molar-refractivity contribution in [2.24, 2.45) is 5.92 Å². The molecule has 19 heavy (non-hydrogen) atoms. The molecule has 0 aliphatic rings. The van der Waals surface area contributed by atoms with Gasteiger partial charge in [0.1, 0.15) is 0 Å². The third-order valence-electron chi connectivity index (χ3n) is 2.49. The summed E-state index contributed by atoms with van der Waals surface area (Å²) < 4.78 is 11.0. The fourth-order valence-electron chi connectivity index (χ4n) is 1.59. The smallest absolute Gasteiger partial charge is 0.0810 e. The van der Waals surface area contributed by atoms with E-state index < -0.39 is 0 Å². The molecular weight excluding hydrogens is 258 g/mol. The second kappa shape index (κ2) is 9.48. The highest BCUT2D eigenvalue weighted by atomic mass is 32.1. The van der Waals surface area contributed by atoms with Crippen molar-refractivity contribution >= 4 is 11.3 Å². The Morgan fingerprint density at radius 1 is 1.11 bits per heavy atom. The first-order valence-electron chi connectivity index (χ1n) is 7.05. The van der Waals surface area contributed by atoms with Crippen molar-refractivity contribution < 1.29 is 9.47 Å². The Labute approximate surface area is 121 Å². The lowest BCUT2D eigenvalue weighted by molar-refractivity contribution is 0.0149. The van der Waals surface area contributed by atoms with E-state index >= 15 is 0 Å². The van der Waals surface area contributed by atoms with Crippen LogP contribution in [0.15, 0.2) is 12.1 Å². The summed E-state index contributed by atoms with van der Waals surface area (Å²) in [6.07, 6.45) is 0.281. The highest BCUT2D eigenvalue weighted by molar-refractivity contribution is 7.11. The van der Waals surface area contributed by atoms with Crippen molar-refractivity contribution in [2.75, 3.05) is 19.8 Å². The molecule has 1 heterocycles. The molecule has 0 saturated carbocycles. The van der Waals surface area contributed by atoms with Crippen LogP contribution in [0.5, 0.6) is 0 Å². The summed E-state index contributed by atoms with van der Waals surface area (Å²) in [6.45, 7) is 12.6. The first kappa shape index (κ1) is 16.6. The Bertz CT molecular complexity index is 337. The maximum Gasteiger partial charge on any atom is 0.0810 e. The molecule has 3 nitrogen and oxygen atoms in total. The van der Waals surface area contributed by atoms with Gasteiger partial charge in [-0.15, -0.1) is 11.3 Å². The van der Waals surface area contributed by atoms with Crippen LogP contribution in [0.1, 0.15) is 37.4 Å². The van der Waals surface area contributed by atoms with Crippen molar-refractivity contribution in [2.45, 2.75) is 47.0 Å². The molecule has 1 rings (SSSR count). The number of hydrogen-bond acceptors (Lipinski definition) is 4. The van der Waals surface area contributed by atoms with Gasteiger partial charge in [-0.05, 0) is 38.4 Å². The number of thiophene rings is 1. The highest BCUT2D eigenvalue weighted by Crippen LogP contribution is 2.17. The van der Waals surface area contributed by atoms with Gasteiger partial charge in [0.15, 0.2) is 0 Å². The summed E-state index contributed by atoms with van der Waals surface area (Å²) in [5.41, 5.74) is 0. The van der Waals surface area contributed by atoms with Crippen LogP contribution in [0.2, 0.25) is 0 Å². The second-order valence-electron chi connectivity index (χ2n) is 5.36. The van der Waals surface area contributed by atoms with E-state index in [1.54, 1.807) is 0 Å². The number of hydrogen-bond donors (Lipinski definition) is 1. The predicted octanol–water partition coefficient (Wildman–Crippen LogP) is 3.44. The van der Waals surface area contributed by atoms with Crippen LogP contribution in [0.25, 0.3) is 0 Å². The Hall–Kier alpha value is -0.420. The van der Waals surface area contributed by atoms with E-state index in [-0.39, 0.29) is 6.10 Å². The van der Waals surface area contributed by atoms with Crippen LogP contribution in [0.3, 0.4) is 0 Å². The summed E-state index contributed by atoms with van der Waals surface area (Å²) in [7, 11) is 0. The van der Waals surface area contributed by atoms with E-state index in [0.717, 1.165) is 13.1 Å². The van der Waals surface area contributed by atoms with Crippen LogP contribution in [0.4, 0.5) is 0 Å². The lowest BCUT2D eigenvalue weighted by Gasteiger charge is -2.07. The third-order valence-corrected chi connectivity index (χ3v) is 3.55. The van der Waals surface area contributed by atoms with Gasteiger partial charge in [0.2, 0.25) is 0 Å². The van der Waals surface area contributed by atoms with Crippen LogP contribution in [-0.2, 0) is 22.6 Å². The van der Waals surface area contributed by atoms with Crippen LogP contribution >= 0.6 is 11.3 Å². The first-order chi connectivity index (χ1) is 9.08. The minimum absolute atomic E-state index is 0.281. The number of rotatable bonds is 10. The molecule has 0 fully saturated rings. The molecule has 110 valence electrons. The Balaban J connectivity index is 2.12. The van der Waals surface area contributed by atoms with Gasteiger partial charge in [-0.2, -0.15) is 0 Å². The van der Waals surface area contributed by atoms with Crippen LogP contribution < -0.4 is 5.32 Å². The summed E-state index contributed by atoms with van der Waals surface area (Å²) >= 11 is 1.82. The van der Waals surface area contributed by atoms with E-state index in [1.807, 2.05) is 25.2 Å². The molecule has 0 bridgehead atoms. The van der Waals surface area contributed by atoms with Crippen molar-refractivity contribution in [1.29, 1.82) is 0 Å². The molecule has 0 amide bonds. The zero-order valence-corrected chi connectivity index (χ0v) is 13.4. The summed E-state index contributed by atoms with van der Waals surface area (Å²) in [5, 5.41) is 3.45. The van der Waals surface area contributed by atoms with Crippen molar-refractivity contribution in [1.82, 2.24) is 5.32 Å². The molecule has 0 aromatic carbocycles. The third kappa shape index (κ3) is 8.37. The number of nitrogens with one attached hydrogen (secondary N) is 1. The van der Waals surface area contributed by atoms with Crippen molar-refractivity contribution in [3.63, 3.8) is 0 Å². The topological polar surface area (TPSA) is 30.5 Å². The van der Waals surface area contributed by atoms with Crippen molar-refractivity contribution in [3.05, 3.63) is 21.9 Å². The molecule has 1 aromatic rings. The van der Waals surface area contributed by atoms with Gasteiger partial charge >= 0.3 is 0 Å². The maximum atomic E-state index is 5.59. The normalized spacial score (nSPS) is 11.7. The quantitative estimate of drug-likeness (QED) is 0.668. The highest BCUT2D eigenvalue weighted by Gasteiger charge is 2.01. The van der Waals surface area contributed by atoms with Gasteiger partial charge < -0.3 is 14.8 Å². The predicted molar refractivity (Wildman–Crippen MR) is 81.6 cm³/mol. The molecule has 0 unspecified atom stereocenters. The monoisotopic (exact) mass is 285 g/mol. The van der Waals surface area contributed by atoms with Gasteiger partial charge in [0, 0.05) is 16.3 Å². The SMILES string of the molecule is CC(C)CNCc1ccc(COCCOC(C)C)s1. The van der Waals surface area contributed by atoms with Crippen molar-refractivity contribution in [3.8, 4) is 0 Å². The summed E-state index contributed by atoms with van der Waals surface area (Å²) in [4.78, 5) is 2.66.